The summed E-state index contributed by atoms with van der Waals surface area (Å²) in [5.74, 6) is -3.07. The third-order valence-electron chi connectivity index (χ3n) is 3.67. The van der Waals surface area contributed by atoms with E-state index in [9.17, 15) is 19.2 Å². The Morgan fingerprint density at radius 2 is 1.60 bits per heavy atom. The summed E-state index contributed by atoms with van der Waals surface area (Å²) in [4.78, 5) is 48.2. The molecule has 0 N–H and O–H groups in total. The van der Waals surface area contributed by atoms with Crippen molar-refractivity contribution < 1.29 is 38.1 Å². The summed E-state index contributed by atoms with van der Waals surface area (Å²) in [6.07, 6.45) is 2.30. The first-order valence-electron chi connectivity index (χ1n) is 8.27. The molecule has 1 aromatic carbocycles. The van der Waals surface area contributed by atoms with Gasteiger partial charge in [-0.2, -0.15) is 5.10 Å². The van der Waals surface area contributed by atoms with Gasteiger partial charge in [0.25, 0.3) is 0 Å². The zero-order chi connectivity index (χ0) is 22.3. The van der Waals surface area contributed by atoms with Gasteiger partial charge in [0.1, 0.15) is 10.5 Å². The van der Waals surface area contributed by atoms with E-state index in [2.05, 4.69) is 14.6 Å². The summed E-state index contributed by atoms with van der Waals surface area (Å²) in [7, 11) is 4.69. The van der Waals surface area contributed by atoms with Gasteiger partial charge in [0.2, 0.25) is 0 Å². The molecule has 0 atom stereocenters. The van der Waals surface area contributed by atoms with E-state index < -0.39 is 23.9 Å². The Bertz CT molecular complexity index is 978. The molecule has 10 nitrogen and oxygen atoms in total. The Kier molecular flexibility index (Phi) is 7.76. The zero-order valence-corrected chi connectivity index (χ0v) is 17.3. The summed E-state index contributed by atoms with van der Waals surface area (Å²) in [6.45, 7) is 0. The lowest BCUT2D eigenvalue weighted by Gasteiger charge is -2.10. The number of esters is 4. The molecule has 0 spiro atoms. The predicted molar refractivity (Wildman–Crippen MR) is 104 cm³/mol. The minimum atomic E-state index is -0.819. The van der Waals surface area contributed by atoms with E-state index in [0.29, 0.717) is 10.6 Å². The first kappa shape index (κ1) is 22.7. The average Bonchev–Trinajstić information content (AvgIpc) is 3.22. The van der Waals surface area contributed by atoms with E-state index in [1.54, 1.807) is 24.3 Å². The molecule has 0 saturated heterocycles. The molecule has 0 amide bonds. The predicted octanol–water partition coefficient (Wildman–Crippen LogP) is 1.77. The first-order valence-corrected chi connectivity index (χ1v) is 9.09. The van der Waals surface area contributed by atoms with Gasteiger partial charge in [-0.05, 0) is 12.1 Å². The number of thioether (sulfide) groups is 1. The van der Waals surface area contributed by atoms with E-state index in [4.69, 9.17) is 9.47 Å². The quantitative estimate of drug-likeness (QED) is 0.276. The molecular formula is C19H18N2O8S. The normalized spacial score (nSPS) is 10.9. The summed E-state index contributed by atoms with van der Waals surface area (Å²) < 4.78 is 19.9. The molecule has 0 unspecified atom stereocenters. The van der Waals surface area contributed by atoms with Gasteiger partial charge in [-0.15, -0.1) is 0 Å². The van der Waals surface area contributed by atoms with Gasteiger partial charge >= 0.3 is 23.9 Å². The number of aromatic nitrogens is 2. The Morgan fingerprint density at radius 3 is 2.20 bits per heavy atom. The second-order valence-electron chi connectivity index (χ2n) is 5.41. The Hall–Kier alpha value is -3.60. The van der Waals surface area contributed by atoms with Crippen molar-refractivity contribution in [3.8, 4) is 5.69 Å². The molecule has 0 fully saturated rings. The maximum absolute atomic E-state index is 12.1. The molecule has 2 aromatic rings. The second kappa shape index (κ2) is 10.3. The molecule has 0 aliphatic heterocycles. The summed E-state index contributed by atoms with van der Waals surface area (Å²) in [6, 6.07) is 6.69. The highest BCUT2D eigenvalue weighted by Crippen LogP contribution is 2.32. The highest BCUT2D eigenvalue weighted by atomic mass is 32.2. The molecule has 2 rings (SSSR count). The van der Waals surface area contributed by atoms with Crippen LogP contribution in [0.5, 0.6) is 0 Å². The molecule has 0 saturated carbocycles. The molecule has 0 bridgehead atoms. The number of rotatable bonds is 7. The fourth-order valence-corrected chi connectivity index (χ4v) is 3.22. The lowest BCUT2D eigenvalue weighted by molar-refractivity contribution is -0.137. The van der Waals surface area contributed by atoms with Crippen molar-refractivity contribution in [2.24, 2.45) is 0 Å². The maximum Gasteiger partial charge on any atom is 0.359 e. The number of methoxy groups -OCH3 is 4. The smallest absolute Gasteiger partial charge is 0.359 e. The number of hydrogen-bond donors (Lipinski definition) is 0. The largest absolute Gasteiger partial charge is 0.466 e. The van der Waals surface area contributed by atoms with Gasteiger partial charge in [-0.1, -0.05) is 23.9 Å². The number of hydrogen-bond acceptors (Lipinski definition) is 10. The van der Waals surface area contributed by atoms with Crippen LogP contribution in [0.4, 0.5) is 0 Å². The van der Waals surface area contributed by atoms with Crippen LogP contribution in [0.3, 0.4) is 0 Å². The van der Waals surface area contributed by atoms with Crippen molar-refractivity contribution in [2.45, 2.75) is 4.90 Å². The van der Waals surface area contributed by atoms with Crippen molar-refractivity contribution in [3.63, 3.8) is 0 Å². The lowest BCUT2D eigenvalue weighted by atomic mass is 10.2. The van der Waals surface area contributed by atoms with E-state index in [1.807, 2.05) is 0 Å². The molecule has 30 heavy (non-hydrogen) atoms. The topological polar surface area (TPSA) is 123 Å². The molecular weight excluding hydrogens is 416 g/mol. The van der Waals surface area contributed by atoms with Crippen LogP contribution >= 0.6 is 11.8 Å². The molecule has 0 radical (unpaired) electrons. The average molecular weight is 434 g/mol. The number of carbonyl (C=O) groups excluding carboxylic acids is 4. The van der Waals surface area contributed by atoms with Crippen LogP contribution in [0.15, 0.2) is 46.3 Å². The van der Waals surface area contributed by atoms with Gasteiger partial charge < -0.3 is 18.9 Å². The third kappa shape index (κ3) is 5.06. The molecule has 0 aliphatic rings. The Balaban J connectivity index is 2.56. The highest BCUT2D eigenvalue weighted by Gasteiger charge is 2.25. The van der Waals surface area contributed by atoms with Crippen molar-refractivity contribution >= 4 is 35.6 Å². The third-order valence-corrected chi connectivity index (χ3v) is 4.74. The molecule has 1 aromatic heterocycles. The van der Waals surface area contributed by atoms with Crippen molar-refractivity contribution in [1.29, 1.82) is 0 Å². The van der Waals surface area contributed by atoms with Crippen LogP contribution in [0, 0.1) is 0 Å². The van der Waals surface area contributed by atoms with Gasteiger partial charge in [0.05, 0.1) is 34.1 Å². The van der Waals surface area contributed by atoms with Crippen molar-refractivity contribution in [1.82, 2.24) is 9.78 Å². The Morgan fingerprint density at radius 1 is 0.933 bits per heavy atom. The van der Waals surface area contributed by atoms with Crippen LogP contribution in [-0.2, 0) is 28.5 Å². The lowest BCUT2D eigenvalue weighted by Crippen LogP contribution is -2.10. The van der Waals surface area contributed by atoms with E-state index in [0.717, 1.165) is 24.9 Å². The zero-order valence-electron chi connectivity index (χ0n) is 16.5. The van der Waals surface area contributed by atoms with Crippen LogP contribution in [-0.4, -0.2) is 62.1 Å². The Labute approximate surface area is 175 Å². The monoisotopic (exact) mass is 434 g/mol. The fraction of sp³-hybridized carbons (Fsp3) is 0.211. The highest BCUT2D eigenvalue weighted by molar-refractivity contribution is 8.04. The van der Waals surface area contributed by atoms with E-state index >= 15 is 0 Å². The van der Waals surface area contributed by atoms with Gasteiger partial charge in [0.15, 0.2) is 5.69 Å². The SMILES string of the molecule is COC(=O)/C=C(\Sc1ccccc1-n1cc(C(=O)OC)c(C(=O)OC)n1)C(=O)OC. The molecule has 1 heterocycles. The van der Waals surface area contributed by atoms with E-state index in [1.165, 1.54) is 32.2 Å². The second-order valence-corrected chi connectivity index (χ2v) is 6.50. The first-order chi connectivity index (χ1) is 14.4. The minimum Gasteiger partial charge on any atom is -0.466 e. The fourth-order valence-electron chi connectivity index (χ4n) is 2.25. The van der Waals surface area contributed by atoms with Crippen LogP contribution < -0.4 is 0 Å². The van der Waals surface area contributed by atoms with Crippen LogP contribution in [0.1, 0.15) is 20.8 Å². The standard InChI is InChI=1S/C19H18N2O8S/c1-26-15(22)9-14(18(24)28-3)30-13-8-6-5-7-12(13)21-10-11(17(23)27-2)16(20-21)19(25)29-4/h5-10H,1-4H3/b14-9-. The van der Waals surface area contributed by atoms with Crippen LogP contribution in [0.2, 0.25) is 0 Å². The van der Waals surface area contributed by atoms with Gasteiger partial charge in [-0.3, -0.25) is 0 Å². The number of ether oxygens (including phenoxy) is 4. The van der Waals surface area contributed by atoms with Gasteiger partial charge in [-0.25, -0.2) is 23.9 Å². The van der Waals surface area contributed by atoms with Crippen molar-refractivity contribution in [3.05, 3.63) is 52.7 Å². The summed E-state index contributed by atoms with van der Waals surface area (Å²) in [5, 5.41) is 4.13. The minimum absolute atomic E-state index is 0.0367. The number of carbonyl (C=O) groups is 4. The van der Waals surface area contributed by atoms with Crippen molar-refractivity contribution in [2.75, 3.05) is 28.4 Å². The number of benzene rings is 1. The number of nitrogens with zero attached hydrogens (tertiary/aromatic N) is 2. The van der Waals surface area contributed by atoms with Gasteiger partial charge in [0, 0.05) is 17.2 Å². The summed E-state index contributed by atoms with van der Waals surface area (Å²) in [5.41, 5.74) is 0.0902. The summed E-state index contributed by atoms with van der Waals surface area (Å²) >= 11 is 0.923. The molecule has 158 valence electrons. The van der Waals surface area contributed by atoms with E-state index in [-0.39, 0.29) is 16.2 Å². The maximum atomic E-state index is 12.1. The molecule has 11 heteroatoms. The number of para-hydroxylation sites is 1. The molecule has 0 aliphatic carbocycles. The van der Waals surface area contributed by atoms with Crippen LogP contribution in [0.25, 0.3) is 5.69 Å².